The van der Waals surface area contributed by atoms with Gasteiger partial charge in [-0.1, -0.05) is 6.58 Å². The number of hydrogen-bond donors (Lipinski definition) is 0. The van der Waals surface area contributed by atoms with Crippen molar-refractivity contribution in [2.24, 2.45) is 0 Å². The summed E-state index contributed by atoms with van der Waals surface area (Å²) in [6, 6.07) is 1.76. The van der Waals surface area contributed by atoms with E-state index in [1.54, 1.807) is 24.5 Å². The maximum Gasteiger partial charge on any atom is 0.159 e. The average molecular weight is 118 g/mol. The Morgan fingerprint density at radius 2 is 2.11 bits per heavy atom. The van der Waals surface area contributed by atoms with E-state index in [0.29, 0.717) is 5.82 Å². The quantitative estimate of drug-likeness (QED) is 0.519. The molecule has 0 amide bonds. The summed E-state index contributed by atoms with van der Waals surface area (Å²) >= 11 is 0. The topological polar surface area (TPSA) is 25.8 Å². The lowest BCUT2D eigenvalue weighted by Crippen LogP contribution is -1.81. The molecule has 1 heterocycles. The lowest BCUT2D eigenvalue weighted by molar-refractivity contribution is 1.13. The SMILES string of the molecule is C=C=Cc1ncccn1. The molecule has 0 fully saturated rings. The molecule has 9 heavy (non-hydrogen) atoms. The van der Waals surface area contributed by atoms with E-state index < -0.39 is 0 Å². The number of aromatic nitrogens is 2. The molecule has 1 rings (SSSR count). The van der Waals surface area contributed by atoms with Crippen molar-refractivity contribution in [1.29, 1.82) is 0 Å². The van der Waals surface area contributed by atoms with Crippen LogP contribution in [-0.2, 0) is 0 Å². The molecule has 2 nitrogen and oxygen atoms in total. The third-order valence-corrected chi connectivity index (χ3v) is 0.817. The van der Waals surface area contributed by atoms with Crippen LogP contribution in [-0.4, -0.2) is 9.97 Å². The normalized spacial score (nSPS) is 8.00. The van der Waals surface area contributed by atoms with E-state index in [2.05, 4.69) is 22.3 Å². The van der Waals surface area contributed by atoms with E-state index in [-0.39, 0.29) is 0 Å². The first-order valence-electron chi connectivity index (χ1n) is 2.56. The molecule has 2 heteroatoms. The third-order valence-electron chi connectivity index (χ3n) is 0.817. The second-order valence-corrected chi connectivity index (χ2v) is 1.46. The summed E-state index contributed by atoms with van der Waals surface area (Å²) in [4.78, 5) is 7.80. The molecule has 0 unspecified atom stereocenters. The highest BCUT2D eigenvalue weighted by Crippen LogP contribution is 1.86. The van der Waals surface area contributed by atoms with Crippen molar-refractivity contribution in [3.8, 4) is 0 Å². The number of nitrogens with zero attached hydrogens (tertiary/aromatic N) is 2. The van der Waals surface area contributed by atoms with Gasteiger partial charge in [0.05, 0.1) is 0 Å². The minimum absolute atomic E-state index is 0.646. The predicted molar refractivity (Wildman–Crippen MR) is 35.6 cm³/mol. The molecule has 0 atom stereocenters. The third kappa shape index (κ3) is 1.52. The van der Waals surface area contributed by atoms with Gasteiger partial charge in [0.15, 0.2) is 5.82 Å². The maximum absolute atomic E-state index is 3.90. The standard InChI is InChI=1S/C7H6N2/c1-2-4-7-8-5-3-6-9-7/h3-6H,1H2. The lowest BCUT2D eigenvalue weighted by Gasteiger charge is -1.83. The van der Waals surface area contributed by atoms with Gasteiger partial charge < -0.3 is 0 Å². The zero-order chi connectivity index (χ0) is 6.53. The van der Waals surface area contributed by atoms with Crippen LogP contribution in [0.25, 0.3) is 6.08 Å². The minimum atomic E-state index is 0.646. The van der Waals surface area contributed by atoms with Crippen LogP contribution >= 0.6 is 0 Å². The van der Waals surface area contributed by atoms with Gasteiger partial charge in [-0.25, -0.2) is 9.97 Å². The Balaban J connectivity index is 2.97. The fourth-order valence-corrected chi connectivity index (χ4v) is 0.476. The molecule has 0 aromatic carbocycles. The Morgan fingerprint density at radius 3 is 2.67 bits per heavy atom. The lowest BCUT2D eigenvalue weighted by atomic mass is 10.5. The summed E-state index contributed by atoms with van der Waals surface area (Å²) in [6.45, 7) is 3.40. The van der Waals surface area contributed by atoms with Gasteiger partial charge in [0, 0.05) is 18.5 Å². The van der Waals surface area contributed by atoms with E-state index in [9.17, 15) is 0 Å². The zero-order valence-corrected chi connectivity index (χ0v) is 4.91. The van der Waals surface area contributed by atoms with Gasteiger partial charge in [-0.05, 0) is 6.07 Å². The van der Waals surface area contributed by atoms with E-state index in [1.165, 1.54) is 0 Å². The van der Waals surface area contributed by atoms with Crippen LogP contribution in [0, 0.1) is 0 Å². The minimum Gasteiger partial charge on any atom is -0.237 e. The molecule has 0 radical (unpaired) electrons. The molecule has 0 saturated carbocycles. The zero-order valence-electron chi connectivity index (χ0n) is 4.91. The van der Waals surface area contributed by atoms with Crippen molar-refractivity contribution < 1.29 is 0 Å². The smallest absolute Gasteiger partial charge is 0.159 e. The molecule has 0 aliphatic carbocycles. The van der Waals surface area contributed by atoms with E-state index in [4.69, 9.17) is 0 Å². The fourth-order valence-electron chi connectivity index (χ4n) is 0.476. The van der Waals surface area contributed by atoms with Crippen LogP contribution < -0.4 is 0 Å². The van der Waals surface area contributed by atoms with E-state index in [0.717, 1.165) is 0 Å². The van der Waals surface area contributed by atoms with Gasteiger partial charge in [-0.3, -0.25) is 0 Å². The average Bonchev–Trinajstić information content (AvgIpc) is 1.91. The van der Waals surface area contributed by atoms with Crippen LogP contribution in [0.15, 0.2) is 30.8 Å². The highest BCUT2D eigenvalue weighted by Gasteiger charge is 1.80. The van der Waals surface area contributed by atoms with Gasteiger partial charge in [0.2, 0.25) is 0 Å². The molecule has 1 aromatic heterocycles. The van der Waals surface area contributed by atoms with Crippen LogP contribution in [0.4, 0.5) is 0 Å². The highest BCUT2D eigenvalue weighted by atomic mass is 14.8. The Bertz CT molecular complexity index is 222. The van der Waals surface area contributed by atoms with Crippen molar-refractivity contribution in [3.05, 3.63) is 36.6 Å². The second-order valence-electron chi connectivity index (χ2n) is 1.46. The molecule has 1 aromatic rings. The number of rotatable bonds is 1. The Hall–Kier alpha value is -1.40. The molecule has 0 aliphatic rings. The Labute approximate surface area is 53.6 Å². The van der Waals surface area contributed by atoms with Crippen LogP contribution in [0.5, 0.6) is 0 Å². The largest absolute Gasteiger partial charge is 0.237 e. The van der Waals surface area contributed by atoms with Crippen LogP contribution in [0.1, 0.15) is 5.82 Å². The summed E-state index contributed by atoms with van der Waals surface area (Å²) in [5.74, 6) is 0.646. The monoisotopic (exact) mass is 118 g/mol. The first-order chi connectivity index (χ1) is 4.43. The van der Waals surface area contributed by atoms with Gasteiger partial charge >= 0.3 is 0 Å². The first-order valence-corrected chi connectivity index (χ1v) is 2.56. The van der Waals surface area contributed by atoms with Crippen molar-refractivity contribution >= 4 is 6.08 Å². The molecule has 0 spiro atoms. The Morgan fingerprint density at radius 1 is 1.44 bits per heavy atom. The number of hydrogen-bond acceptors (Lipinski definition) is 2. The molecule has 44 valence electrons. The van der Waals surface area contributed by atoms with Crippen molar-refractivity contribution in [2.75, 3.05) is 0 Å². The predicted octanol–water partition coefficient (Wildman–Crippen LogP) is 1.27. The fraction of sp³-hybridized carbons (Fsp3) is 0. The van der Waals surface area contributed by atoms with Crippen molar-refractivity contribution in [1.82, 2.24) is 9.97 Å². The summed E-state index contributed by atoms with van der Waals surface area (Å²) in [6.07, 6.45) is 4.98. The molecular formula is C7H6N2. The highest BCUT2D eigenvalue weighted by molar-refractivity contribution is 5.36. The summed E-state index contributed by atoms with van der Waals surface area (Å²) in [5.41, 5.74) is 2.58. The Kier molecular flexibility index (Phi) is 1.78. The van der Waals surface area contributed by atoms with Crippen LogP contribution in [0.2, 0.25) is 0 Å². The molecule has 0 N–H and O–H groups in total. The van der Waals surface area contributed by atoms with Crippen molar-refractivity contribution in [2.45, 2.75) is 0 Å². The van der Waals surface area contributed by atoms with Crippen LogP contribution in [0.3, 0.4) is 0 Å². The van der Waals surface area contributed by atoms with E-state index in [1.807, 2.05) is 0 Å². The van der Waals surface area contributed by atoms with Gasteiger partial charge in [0.1, 0.15) is 0 Å². The van der Waals surface area contributed by atoms with E-state index >= 15 is 0 Å². The molecule has 0 aliphatic heterocycles. The summed E-state index contributed by atoms with van der Waals surface area (Å²) < 4.78 is 0. The first kappa shape index (κ1) is 5.73. The summed E-state index contributed by atoms with van der Waals surface area (Å²) in [5, 5.41) is 0. The molecular weight excluding hydrogens is 112 g/mol. The summed E-state index contributed by atoms with van der Waals surface area (Å²) in [7, 11) is 0. The molecule has 0 saturated heterocycles. The van der Waals surface area contributed by atoms with Crippen molar-refractivity contribution in [3.63, 3.8) is 0 Å². The second kappa shape index (κ2) is 2.80. The molecule has 0 bridgehead atoms. The maximum atomic E-state index is 3.90. The van der Waals surface area contributed by atoms with Gasteiger partial charge in [-0.15, -0.1) is 5.73 Å². The van der Waals surface area contributed by atoms with Gasteiger partial charge in [0.25, 0.3) is 0 Å². The van der Waals surface area contributed by atoms with Gasteiger partial charge in [-0.2, -0.15) is 0 Å².